The van der Waals surface area contributed by atoms with Crippen LogP contribution in [0.2, 0.25) is 0 Å². The molecule has 0 bridgehead atoms. The molecule has 0 atom stereocenters. The Morgan fingerprint density at radius 1 is 1.22 bits per heavy atom. The van der Waals surface area contributed by atoms with E-state index in [9.17, 15) is 0 Å². The van der Waals surface area contributed by atoms with E-state index in [1.807, 2.05) is 7.05 Å². The first-order valence-corrected chi connectivity index (χ1v) is 7.25. The molecule has 1 aromatic heterocycles. The second-order valence-electron chi connectivity index (χ2n) is 4.97. The largest absolute Gasteiger partial charge is 0.314 e. The molecule has 0 amide bonds. The van der Waals surface area contributed by atoms with E-state index in [1.54, 1.807) is 11.3 Å². The van der Waals surface area contributed by atoms with Crippen LogP contribution in [0.4, 0.5) is 0 Å². The first kappa shape index (κ1) is 13.2. The normalized spacial score (nSPS) is 11.1. The van der Waals surface area contributed by atoms with E-state index in [1.165, 1.54) is 11.1 Å². The van der Waals surface area contributed by atoms with Crippen LogP contribution < -0.4 is 5.32 Å². The zero-order valence-corrected chi connectivity index (χ0v) is 12.1. The molecular formula is C15H20N2S. The van der Waals surface area contributed by atoms with Crippen molar-refractivity contribution < 1.29 is 0 Å². The number of hydrogen-bond acceptors (Lipinski definition) is 3. The molecule has 0 unspecified atom stereocenters. The molecule has 1 N–H and O–H groups in total. The Hall–Kier alpha value is -1.19. The van der Waals surface area contributed by atoms with Crippen molar-refractivity contribution in [3.63, 3.8) is 0 Å². The van der Waals surface area contributed by atoms with Crippen molar-refractivity contribution in [1.82, 2.24) is 10.3 Å². The van der Waals surface area contributed by atoms with E-state index < -0.39 is 0 Å². The van der Waals surface area contributed by atoms with Gasteiger partial charge < -0.3 is 5.32 Å². The Balaban J connectivity index is 2.12. The summed E-state index contributed by atoms with van der Waals surface area (Å²) in [5, 5.41) is 6.35. The van der Waals surface area contributed by atoms with Gasteiger partial charge >= 0.3 is 0 Å². The second-order valence-corrected chi connectivity index (χ2v) is 5.83. The van der Waals surface area contributed by atoms with E-state index in [2.05, 4.69) is 53.8 Å². The van der Waals surface area contributed by atoms with Crippen molar-refractivity contribution in [2.45, 2.75) is 26.8 Å². The third-order valence-electron chi connectivity index (χ3n) is 2.75. The summed E-state index contributed by atoms with van der Waals surface area (Å²) in [5.74, 6) is 0.706. The van der Waals surface area contributed by atoms with Crippen molar-refractivity contribution >= 4 is 11.3 Å². The van der Waals surface area contributed by atoms with Crippen LogP contribution in [0.25, 0.3) is 10.6 Å². The van der Waals surface area contributed by atoms with Crippen molar-refractivity contribution in [2.24, 2.45) is 5.92 Å². The van der Waals surface area contributed by atoms with Gasteiger partial charge in [0.15, 0.2) is 0 Å². The number of nitrogens with one attached hydrogen (secondary N) is 1. The van der Waals surface area contributed by atoms with Crippen LogP contribution in [0, 0.1) is 5.92 Å². The monoisotopic (exact) mass is 260 g/mol. The summed E-state index contributed by atoms with van der Waals surface area (Å²) in [6.07, 6.45) is 1.14. The number of thiazole rings is 1. The standard InChI is InChI=1S/C15H20N2S/c1-11(2)8-12-4-6-13(7-5-12)15-17-14(9-16-3)10-18-15/h4-7,10-11,16H,8-9H2,1-3H3. The molecule has 0 aliphatic heterocycles. The Morgan fingerprint density at radius 3 is 2.56 bits per heavy atom. The Bertz CT molecular complexity index is 485. The molecule has 0 fully saturated rings. The summed E-state index contributed by atoms with van der Waals surface area (Å²) in [7, 11) is 1.94. The zero-order chi connectivity index (χ0) is 13.0. The molecule has 2 aromatic rings. The predicted molar refractivity (Wildman–Crippen MR) is 78.9 cm³/mol. The van der Waals surface area contributed by atoms with Crippen molar-refractivity contribution in [1.29, 1.82) is 0 Å². The summed E-state index contributed by atoms with van der Waals surface area (Å²) in [6, 6.07) is 8.79. The van der Waals surface area contributed by atoms with Gasteiger partial charge in [0.1, 0.15) is 5.01 Å². The number of nitrogens with zero attached hydrogens (tertiary/aromatic N) is 1. The lowest BCUT2D eigenvalue weighted by Crippen LogP contribution is -2.04. The van der Waals surface area contributed by atoms with Gasteiger partial charge in [0, 0.05) is 17.5 Å². The average Bonchev–Trinajstić information content (AvgIpc) is 2.78. The van der Waals surface area contributed by atoms with Crippen molar-refractivity contribution in [3.05, 3.63) is 40.9 Å². The third-order valence-corrected chi connectivity index (χ3v) is 3.69. The van der Waals surface area contributed by atoms with E-state index in [0.717, 1.165) is 23.7 Å². The van der Waals surface area contributed by atoms with Crippen LogP contribution in [0.5, 0.6) is 0 Å². The molecule has 2 rings (SSSR count). The molecule has 0 spiro atoms. The smallest absolute Gasteiger partial charge is 0.123 e. The van der Waals surface area contributed by atoms with Gasteiger partial charge in [-0.05, 0) is 24.9 Å². The van der Waals surface area contributed by atoms with Crippen LogP contribution in [-0.4, -0.2) is 12.0 Å². The van der Waals surface area contributed by atoms with Crippen LogP contribution >= 0.6 is 11.3 Å². The lowest BCUT2D eigenvalue weighted by molar-refractivity contribution is 0.647. The van der Waals surface area contributed by atoms with Crippen LogP contribution in [0.3, 0.4) is 0 Å². The molecule has 96 valence electrons. The van der Waals surface area contributed by atoms with Crippen LogP contribution in [-0.2, 0) is 13.0 Å². The predicted octanol–water partition coefficient (Wildman–Crippen LogP) is 3.73. The summed E-state index contributed by atoms with van der Waals surface area (Å²) >= 11 is 1.71. The van der Waals surface area contributed by atoms with Crippen LogP contribution in [0.1, 0.15) is 25.1 Å². The highest BCUT2D eigenvalue weighted by Gasteiger charge is 2.04. The number of benzene rings is 1. The maximum atomic E-state index is 4.62. The summed E-state index contributed by atoms with van der Waals surface area (Å²) in [5.41, 5.74) is 3.74. The average molecular weight is 260 g/mol. The van der Waals surface area contributed by atoms with Crippen LogP contribution in [0.15, 0.2) is 29.6 Å². The van der Waals surface area contributed by atoms with E-state index >= 15 is 0 Å². The zero-order valence-electron chi connectivity index (χ0n) is 11.2. The minimum atomic E-state index is 0.706. The van der Waals surface area contributed by atoms with Gasteiger partial charge in [0.2, 0.25) is 0 Å². The van der Waals surface area contributed by atoms with E-state index in [-0.39, 0.29) is 0 Å². The minimum absolute atomic E-state index is 0.706. The molecule has 1 aromatic carbocycles. The first-order chi connectivity index (χ1) is 8.69. The molecule has 3 heteroatoms. The van der Waals surface area contributed by atoms with Gasteiger partial charge in [-0.3, -0.25) is 0 Å². The van der Waals surface area contributed by atoms with Gasteiger partial charge in [-0.1, -0.05) is 38.1 Å². The molecule has 0 aliphatic carbocycles. The molecule has 0 radical (unpaired) electrons. The summed E-state index contributed by atoms with van der Waals surface area (Å²) in [4.78, 5) is 4.62. The molecule has 2 nitrogen and oxygen atoms in total. The first-order valence-electron chi connectivity index (χ1n) is 6.37. The van der Waals surface area contributed by atoms with Gasteiger partial charge in [-0.25, -0.2) is 4.98 Å². The lowest BCUT2D eigenvalue weighted by atomic mass is 10.0. The maximum absolute atomic E-state index is 4.62. The minimum Gasteiger partial charge on any atom is -0.314 e. The molecule has 18 heavy (non-hydrogen) atoms. The highest BCUT2D eigenvalue weighted by Crippen LogP contribution is 2.24. The fourth-order valence-electron chi connectivity index (χ4n) is 1.96. The highest BCUT2D eigenvalue weighted by molar-refractivity contribution is 7.13. The second kappa shape index (κ2) is 6.12. The number of aromatic nitrogens is 1. The molecule has 1 heterocycles. The van der Waals surface area contributed by atoms with E-state index in [4.69, 9.17) is 0 Å². The topological polar surface area (TPSA) is 24.9 Å². The van der Waals surface area contributed by atoms with Gasteiger partial charge in [-0.2, -0.15) is 0 Å². The summed E-state index contributed by atoms with van der Waals surface area (Å²) in [6.45, 7) is 5.33. The van der Waals surface area contributed by atoms with Gasteiger partial charge in [0.25, 0.3) is 0 Å². The van der Waals surface area contributed by atoms with E-state index in [0.29, 0.717) is 5.92 Å². The Kier molecular flexibility index (Phi) is 4.50. The highest BCUT2D eigenvalue weighted by atomic mass is 32.1. The Morgan fingerprint density at radius 2 is 1.94 bits per heavy atom. The Labute approximate surface area is 113 Å². The lowest BCUT2D eigenvalue weighted by Gasteiger charge is -2.05. The molecule has 0 saturated heterocycles. The van der Waals surface area contributed by atoms with Crippen molar-refractivity contribution in [3.8, 4) is 10.6 Å². The molecule has 0 aliphatic rings. The summed E-state index contributed by atoms with van der Waals surface area (Å²) < 4.78 is 0. The quantitative estimate of drug-likeness (QED) is 0.886. The van der Waals surface area contributed by atoms with Gasteiger partial charge in [0.05, 0.1) is 5.69 Å². The molecule has 0 saturated carbocycles. The van der Waals surface area contributed by atoms with Gasteiger partial charge in [-0.15, -0.1) is 11.3 Å². The third kappa shape index (κ3) is 3.40. The number of rotatable bonds is 5. The molecular weight excluding hydrogens is 240 g/mol. The van der Waals surface area contributed by atoms with Crippen molar-refractivity contribution in [2.75, 3.05) is 7.05 Å². The number of hydrogen-bond donors (Lipinski definition) is 1. The SMILES string of the molecule is CNCc1csc(-c2ccc(CC(C)C)cc2)n1. The fraction of sp³-hybridized carbons (Fsp3) is 0.400. The fourth-order valence-corrected chi connectivity index (χ4v) is 2.78. The maximum Gasteiger partial charge on any atom is 0.123 e.